The maximum atomic E-state index is 11.7. The summed E-state index contributed by atoms with van der Waals surface area (Å²) in [7, 11) is 0. The van der Waals surface area contributed by atoms with Gasteiger partial charge >= 0.3 is 6.03 Å². The molecule has 0 aliphatic carbocycles. The van der Waals surface area contributed by atoms with E-state index in [1.54, 1.807) is 24.3 Å². The van der Waals surface area contributed by atoms with Gasteiger partial charge in [0.05, 0.1) is 6.54 Å². The van der Waals surface area contributed by atoms with Gasteiger partial charge in [-0.2, -0.15) is 0 Å². The number of nitrogens with one attached hydrogen (secondary N) is 3. The van der Waals surface area contributed by atoms with Crippen molar-refractivity contribution in [2.75, 3.05) is 19.6 Å². The summed E-state index contributed by atoms with van der Waals surface area (Å²) in [6, 6.07) is 6.66. The van der Waals surface area contributed by atoms with Crippen molar-refractivity contribution in [3.05, 3.63) is 34.3 Å². The first kappa shape index (κ1) is 15.1. The Morgan fingerprint density at radius 2 is 1.74 bits per heavy atom. The monoisotopic (exact) mass is 323 g/mol. The second kappa shape index (κ2) is 8.16. The first-order valence-corrected chi connectivity index (χ1v) is 6.41. The molecule has 100 valence electrons. The first-order valence-electron chi connectivity index (χ1n) is 5.62. The summed E-state index contributed by atoms with van der Waals surface area (Å²) in [6.07, 6.45) is 4.99. The van der Waals surface area contributed by atoms with Crippen LogP contribution in [0.15, 0.2) is 28.7 Å². The highest BCUT2D eigenvalue weighted by Gasteiger charge is 2.04. The van der Waals surface area contributed by atoms with Gasteiger partial charge in [-0.1, -0.05) is 21.9 Å². The number of urea groups is 1. The number of halogens is 1. The number of hydrogen-bond acceptors (Lipinski definition) is 2. The largest absolute Gasteiger partial charge is 0.350 e. The summed E-state index contributed by atoms with van der Waals surface area (Å²) < 4.78 is 0.913. The summed E-state index contributed by atoms with van der Waals surface area (Å²) in [6.45, 7) is 0.855. The first-order chi connectivity index (χ1) is 9.13. The van der Waals surface area contributed by atoms with Gasteiger partial charge in [-0.25, -0.2) is 4.79 Å². The summed E-state index contributed by atoms with van der Waals surface area (Å²) in [5, 5.41) is 7.71. The van der Waals surface area contributed by atoms with Crippen LogP contribution in [-0.4, -0.2) is 31.6 Å². The predicted molar refractivity (Wildman–Crippen MR) is 76.7 cm³/mol. The number of amides is 3. The Hall–Kier alpha value is -2.00. The number of rotatable bonds is 5. The molecule has 0 saturated carbocycles. The molecule has 19 heavy (non-hydrogen) atoms. The molecule has 0 aromatic heterocycles. The molecule has 0 aliphatic rings. The van der Waals surface area contributed by atoms with Crippen molar-refractivity contribution in [2.24, 2.45) is 0 Å². The van der Waals surface area contributed by atoms with Gasteiger partial charge in [0, 0.05) is 23.1 Å². The predicted octanol–water partition coefficient (Wildman–Crippen LogP) is 1.11. The minimum atomic E-state index is -0.351. The van der Waals surface area contributed by atoms with Crippen LogP contribution in [0.5, 0.6) is 0 Å². The molecular formula is C13H14BrN3O2. The van der Waals surface area contributed by atoms with Crippen LogP contribution in [0.4, 0.5) is 4.79 Å². The van der Waals surface area contributed by atoms with Crippen LogP contribution >= 0.6 is 15.9 Å². The zero-order valence-corrected chi connectivity index (χ0v) is 11.8. The van der Waals surface area contributed by atoms with Crippen LogP contribution in [0, 0.1) is 12.3 Å². The second-order valence-electron chi connectivity index (χ2n) is 3.58. The van der Waals surface area contributed by atoms with Gasteiger partial charge in [-0.3, -0.25) is 4.79 Å². The molecule has 0 unspecified atom stereocenters. The molecule has 0 bridgehead atoms. The van der Waals surface area contributed by atoms with Gasteiger partial charge in [0.15, 0.2) is 0 Å². The standard InChI is InChI=1S/C13H14BrN3O2/c1-2-7-16-13(19)17-9-8-15-12(18)10-3-5-11(14)6-4-10/h1,3-6H,7-9H2,(H,15,18)(H2,16,17,19). The number of carbonyl (C=O) groups is 2. The van der Waals surface area contributed by atoms with Crippen molar-refractivity contribution in [3.8, 4) is 12.3 Å². The third kappa shape index (κ3) is 5.93. The highest BCUT2D eigenvalue weighted by Crippen LogP contribution is 2.10. The fourth-order valence-corrected chi connectivity index (χ4v) is 1.51. The highest BCUT2D eigenvalue weighted by molar-refractivity contribution is 9.10. The van der Waals surface area contributed by atoms with Crippen LogP contribution in [-0.2, 0) is 0 Å². The average Bonchev–Trinajstić information content (AvgIpc) is 2.41. The van der Waals surface area contributed by atoms with E-state index in [-0.39, 0.29) is 18.5 Å². The van der Waals surface area contributed by atoms with E-state index in [0.717, 1.165) is 4.47 Å². The molecule has 3 N–H and O–H groups in total. The normalized spacial score (nSPS) is 9.26. The molecular weight excluding hydrogens is 310 g/mol. The fourth-order valence-electron chi connectivity index (χ4n) is 1.25. The van der Waals surface area contributed by atoms with Crippen LogP contribution in [0.1, 0.15) is 10.4 Å². The fraction of sp³-hybridized carbons (Fsp3) is 0.231. The minimum Gasteiger partial charge on any atom is -0.350 e. The summed E-state index contributed by atoms with van der Waals surface area (Å²) in [5.74, 6) is 2.11. The van der Waals surface area contributed by atoms with Crippen LogP contribution in [0.3, 0.4) is 0 Å². The lowest BCUT2D eigenvalue weighted by Gasteiger charge is -2.07. The topological polar surface area (TPSA) is 70.2 Å². The van der Waals surface area contributed by atoms with E-state index in [1.165, 1.54) is 0 Å². The molecule has 0 atom stereocenters. The molecule has 0 spiro atoms. The molecule has 0 heterocycles. The third-order valence-electron chi connectivity index (χ3n) is 2.15. The molecule has 5 nitrogen and oxygen atoms in total. The Kier molecular flexibility index (Phi) is 6.47. The van der Waals surface area contributed by atoms with E-state index in [0.29, 0.717) is 18.7 Å². The maximum Gasteiger partial charge on any atom is 0.315 e. The number of benzene rings is 1. The van der Waals surface area contributed by atoms with Gasteiger partial charge in [-0.15, -0.1) is 6.42 Å². The Morgan fingerprint density at radius 1 is 1.11 bits per heavy atom. The van der Waals surface area contributed by atoms with Gasteiger partial charge in [0.25, 0.3) is 5.91 Å². The number of terminal acetylenes is 1. The lowest BCUT2D eigenvalue weighted by Crippen LogP contribution is -2.40. The molecule has 3 amide bonds. The van der Waals surface area contributed by atoms with E-state index in [2.05, 4.69) is 37.8 Å². The molecule has 0 fully saturated rings. The Labute approximate surface area is 120 Å². The smallest absolute Gasteiger partial charge is 0.315 e. The van der Waals surface area contributed by atoms with Crippen molar-refractivity contribution in [1.82, 2.24) is 16.0 Å². The van der Waals surface area contributed by atoms with E-state index in [1.807, 2.05) is 0 Å². The van der Waals surface area contributed by atoms with E-state index in [4.69, 9.17) is 6.42 Å². The van der Waals surface area contributed by atoms with Crippen LogP contribution in [0.25, 0.3) is 0 Å². The molecule has 0 radical (unpaired) electrons. The highest BCUT2D eigenvalue weighted by atomic mass is 79.9. The number of carbonyl (C=O) groups excluding carboxylic acids is 2. The van der Waals surface area contributed by atoms with Crippen molar-refractivity contribution in [2.45, 2.75) is 0 Å². The maximum absolute atomic E-state index is 11.7. The summed E-state index contributed by atoms with van der Waals surface area (Å²) >= 11 is 3.29. The zero-order chi connectivity index (χ0) is 14.1. The Balaban J connectivity index is 2.23. The van der Waals surface area contributed by atoms with Crippen LogP contribution < -0.4 is 16.0 Å². The quantitative estimate of drug-likeness (QED) is 0.561. The second-order valence-corrected chi connectivity index (χ2v) is 4.49. The summed E-state index contributed by atoms with van der Waals surface area (Å²) in [5.41, 5.74) is 0.569. The van der Waals surface area contributed by atoms with E-state index >= 15 is 0 Å². The minimum absolute atomic E-state index is 0.178. The molecule has 1 aromatic rings. The SMILES string of the molecule is C#CCNC(=O)NCCNC(=O)c1ccc(Br)cc1. The third-order valence-corrected chi connectivity index (χ3v) is 2.68. The lowest BCUT2D eigenvalue weighted by molar-refractivity contribution is 0.0954. The zero-order valence-electron chi connectivity index (χ0n) is 10.2. The molecule has 0 aliphatic heterocycles. The van der Waals surface area contributed by atoms with Gasteiger partial charge < -0.3 is 16.0 Å². The van der Waals surface area contributed by atoms with Crippen molar-refractivity contribution in [3.63, 3.8) is 0 Å². The van der Waals surface area contributed by atoms with Crippen molar-refractivity contribution < 1.29 is 9.59 Å². The van der Waals surface area contributed by atoms with Gasteiger partial charge in [-0.05, 0) is 24.3 Å². The Morgan fingerprint density at radius 3 is 2.37 bits per heavy atom. The lowest BCUT2D eigenvalue weighted by atomic mass is 10.2. The van der Waals surface area contributed by atoms with Gasteiger partial charge in [0.1, 0.15) is 0 Å². The van der Waals surface area contributed by atoms with E-state index < -0.39 is 0 Å². The molecule has 1 aromatic carbocycles. The van der Waals surface area contributed by atoms with E-state index in [9.17, 15) is 9.59 Å². The molecule has 1 rings (SSSR count). The van der Waals surface area contributed by atoms with Gasteiger partial charge in [0.2, 0.25) is 0 Å². The van der Waals surface area contributed by atoms with Crippen molar-refractivity contribution in [1.29, 1.82) is 0 Å². The summed E-state index contributed by atoms with van der Waals surface area (Å²) in [4.78, 5) is 22.8. The Bertz CT molecular complexity index is 480. The van der Waals surface area contributed by atoms with Crippen LogP contribution in [0.2, 0.25) is 0 Å². The average molecular weight is 324 g/mol. The molecule has 0 saturated heterocycles. The van der Waals surface area contributed by atoms with Crippen molar-refractivity contribution >= 4 is 27.9 Å². The molecule has 6 heteroatoms. The number of hydrogen-bond donors (Lipinski definition) is 3.